The monoisotopic (exact) mass is 545 g/mol. The van der Waals surface area contributed by atoms with Crippen LogP contribution in [0, 0.1) is 12.8 Å². The van der Waals surface area contributed by atoms with E-state index in [1.165, 1.54) is 29.5 Å². The second-order valence-corrected chi connectivity index (χ2v) is 12.5. The largest absolute Gasteiger partial charge is 0.481 e. The van der Waals surface area contributed by atoms with Crippen LogP contribution < -0.4 is 4.74 Å². The molecule has 5 aliphatic rings. The molecule has 0 bridgehead atoms. The van der Waals surface area contributed by atoms with Crippen LogP contribution in [0.4, 0.5) is 0 Å². The van der Waals surface area contributed by atoms with Gasteiger partial charge in [-0.1, -0.05) is 48.0 Å². The molecule has 6 heteroatoms. The number of rotatable bonds is 6. The third kappa shape index (κ3) is 4.73. The van der Waals surface area contributed by atoms with Crippen LogP contribution in [-0.4, -0.2) is 65.1 Å². The summed E-state index contributed by atoms with van der Waals surface area (Å²) in [6, 6.07) is 14.6. The van der Waals surface area contributed by atoms with Crippen LogP contribution in [0.1, 0.15) is 67.7 Å². The number of hydrogen-bond donors (Lipinski definition) is 2. The van der Waals surface area contributed by atoms with Gasteiger partial charge in [-0.3, -0.25) is 9.69 Å². The second-order valence-electron chi connectivity index (χ2n) is 12.5. The zero-order valence-electron chi connectivity index (χ0n) is 23.9. The van der Waals surface area contributed by atoms with E-state index in [1.54, 1.807) is 0 Å². The lowest BCUT2D eigenvalue weighted by atomic mass is 9.52. The number of likely N-dealkylation sites (tertiary alicyclic amines) is 1. The van der Waals surface area contributed by atoms with Gasteiger partial charge in [0.25, 0.3) is 0 Å². The molecule has 7 rings (SSSR count). The topological polar surface area (TPSA) is 79.2 Å². The van der Waals surface area contributed by atoms with E-state index in [4.69, 9.17) is 14.6 Å². The summed E-state index contributed by atoms with van der Waals surface area (Å²) < 4.78 is 11.1. The van der Waals surface area contributed by atoms with Gasteiger partial charge in [0.15, 0.2) is 11.9 Å². The average molecular weight is 546 g/mol. The third-order valence-electron chi connectivity index (χ3n) is 10.2. The molecule has 1 saturated heterocycles. The first-order chi connectivity index (χ1) is 19.4. The fourth-order valence-electron chi connectivity index (χ4n) is 7.83. The summed E-state index contributed by atoms with van der Waals surface area (Å²) >= 11 is 0. The highest BCUT2D eigenvalue weighted by atomic mass is 16.6. The van der Waals surface area contributed by atoms with Gasteiger partial charge < -0.3 is 19.7 Å². The lowest BCUT2D eigenvalue weighted by Gasteiger charge is -2.59. The van der Waals surface area contributed by atoms with E-state index in [0.29, 0.717) is 19.4 Å². The second kappa shape index (κ2) is 11.1. The molecule has 214 valence electrons. The molecule has 2 aromatic carbocycles. The van der Waals surface area contributed by atoms with E-state index in [9.17, 15) is 9.90 Å². The summed E-state index contributed by atoms with van der Waals surface area (Å²) in [6.07, 6.45) is 9.15. The summed E-state index contributed by atoms with van der Waals surface area (Å²) in [7, 11) is 0. The Morgan fingerprint density at radius 1 is 1.10 bits per heavy atom. The Morgan fingerprint density at radius 3 is 2.67 bits per heavy atom. The number of aryl methyl sites for hydroxylation is 1. The number of hydrogen-bond acceptors (Lipinski definition) is 6. The molecule has 2 aromatic rings. The van der Waals surface area contributed by atoms with E-state index in [-0.39, 0.29) is 18.6 Å². The summed E-state index contributed by atoms with van der Waals surface area (Å²) in [5, 5.41) is 20.6. The molecule has 4 unspecified atom stereocenters. The molecule has 1 spiro atoms. The molecule has 2 aliphatic heterocycles. The molecule has 2 heterocycles. The van der Waals surface area contributed by atoms with Crippen molar-refractivity contribution < 1.29 is 24.5 Å². The van der Waals surface area contributed by atoms with Crippen molar-refractivity contribution >= 4 is 5.78 Å². The molecule has 3 fully saturated rings. The van der Waals surface area contributed by atoms with Gasteiger partial charge in [-0.05, 0) is 94.0 Å². The van der Waals surface area contributed by atoms with E-state index >= 15 is 0 Å². The van der Waals surface area contributed by atoms with Crippen molar-refractivity contribution in [1.29, 1.82) is 0 Å². The van der Waals surface area contributed by atoms with Crippen LogP contribution in [0.5, 0.6) is 5.75 Å². The molecule has 0 radical (unpaired) electrons. The van der Waals surface area contributed by atoms with Crippen LogP contribution in [-0.2, 0) is 27.8 Å². The standard InChI is InChI=1S/C21H27NO3.C13H16O2/c1-13-4-3-5-17-18(13)20-10-11-22(12-15-6-7-15)14(2)21(20,24)9-8-16(23)19(20)25-17;14-10-15-8-7-11-5-6-12-3-1-2-4-13(12)9-11/h3-5,14-15,19,24H,6-12H2,1-2H3;1-5,14H,6-10H2. The molecule has 0 aromatic heterocycles. The number of benzene rings is 2. The first-order valence-corrected chi connectivity index (χ1v) is 15.1. The highest BCUT2D eigenvalue weighted by molar-refractivity contribution is 5.89. The Balaban J connectivity index is 0.000000165. The minimum absolute atomic E-state index is 0.0478. The number of allylic oxidation sites excluding steroid dienone is 1. The highest BCUT2D eigenvalue weighted by Crippen LogP contribution is 2.60. The van der Waals surface area contributed by atoms with E-state index in [2.05, 4.69) is 55.2 Å². The van der Waals surface area contributed by atoms with Crippen molar-refractivity contribution in [3.8, 4) is 5.75 Å². The van der Waals surface area contributed by atoms with Crippen molar-refractivity contribution in [1.82, 2.24) is 4.90 Å². The lowest BCUT2D eigenvalue weighted by molar-refractivity contribution is -0.181. The number of nitrogens with zero attached hydrogens (tertiary/aromatic N) is 1. The fourth-order valence-corrected chi connectivity index (χ4v) is 7.83. The maximum atomic E-state index is 12.8. The van der Waals surface area contributed by atoms with Crippen molar-refractivity contribution in [2.45, 2.75) is 88.4 Å². The number of aliphatic hydroxyl groups excluding tert-OH is 1. The highest BCUT2D eigenvalue weighted by Gasteiger charge is 2.70. The molecule has 4 atom stereocenters. The maximum absolute atomic E-state index is 12.8. The van der Waals surface area contributed by atoms with Crippen LogP contribution in [0.15, 0.2) is 54.1 Å². The van der Waals surface area contributed by atoms with Gasteiger partial charge in [0.2, 0.25) is 0 Å². The Bertz CT molecular complexity index is 1280. The Morgan fingerprint density at radius 2 is 1.90 bits per heavy atom. The minimum atomic E-state index is -0.907. The van der Waals surface area contributed by atoms with Crippen molar-refractivity contribution in [3.05, 3.63) is 76.4 Å². The molecule has 6 nitrogen and oxygen atoms in total. The van der Waals surface area contributed by atoms with Crippen molar-refractivity contribution in [3.63, 3.8) is 0 Å². The number of ether oxygens (including phenoxy) is 2. The van der Waals surface area contributed by atoms with Crippen molar-refractivity contribution in [2.75, 3.05) is 26.5 Å². The predicted octanol–water partition coefficient (Wildman–Crippen LogP) is 4.66. The quantitative estimate of drug-likeness (QED) is 0.312. The minimum Gasteiger partial charge on any atom is -0.481 e. The SMILES string of the molecule is Cc1cccc2c1C13CCN(CC4CC4)C(C)C1(O)CCC(=O)C3O2.OCOCCC1=CCc2ccccc2C1. The van der Waals surface area contributed by atoms with Crippen molar-refractivity contribution in [2.24, 2.45) is 5.92 Å². The maximum Gasteiger partial charge on any atom is 0.174 e. The molecule has 0 amide bonds. The summed E-state index contributed by atoms with van der Waals surface area (Å²) in [4.78, 5) is 15.2. The van der Waals surface area contributed by atoms with Gasteiger partial charge in [0, 0.05) is 24.6 Å². The number of piperidine rings is 1. The normalized spacial score (nSPS) is 30.6. The van der Waals surface area contributed by atoms with E-state index in [1.807, 2.05) is 12.1 Å². The van der Waals surface area contributed by atoms with Gasteiger partial charge in [-0.15, -0.1) is 0 Å². The zero-order chi connectivity index (χ0) is 27.9. The molecular weight excluding hydrogens is 502 g/mol. The summed E-state index contributed by atoms with van der Waals surface area (Å²) in [5.41, 5.74) is 5.02. The Kier molecular flexibility index (Phi) is 7.64. The lowest BCUT2D eigenvalue weighted by Crippen LogP contribution is -2.74. The number of aliphatic hydroxyl groups is 2. The smallest absolute Gasteiger partial charge is 0.174 e. The van der Waals surface area contributed by atoms with Gasteiger partial charge in [-0.25, -0.2) is 0 Å². The first kappa shape index (κ1) is 27.6. The Hall–Kier alpha value is -2.51. The molecule has 40 heavy (non-hydrogen) atoms. The third-order valence-corrected chi connectivity index (χ3v) is 10.2. The molecule has 3 aliphatic carbocycles. The molecule has 2 N–H and O–H groups in total. The number of fused-ring (bicyclic) bond motifs is 2. The van der Waals surface area contributed by atoms with Gasteiger partial charge in [0.1, 0.15) is 12.5 Å². The van der Waals surface area contributed by atoms with E-state index < -0.39 is 17.1 Å². The van der Waals surface area contributed by atoms with Crippen LogP contribution >= 0.6 is 0 Å². The number of carbonyl (C=O) groups is 1. The Labute approximate surface area is 238 Å². The van der Waals surface area contributed by atoms with Gasteiger partial charge in [-0.2, -0.15) is 0 Å². The predicted molar refractivity (Wildman–Crippen MR) is 154 cm³/mol. The summed E-state index contributed by atoms with van der Waals surface area (Å²) in [5.74, 6) is 1.76. The average Bonchev–Trinajstić information content (AvgIpc) is 3.71. The fraction of sp³-hybridized carbons (Fsp3) is 0.559. The molecular formula is C34H43NO5. The van der Waals surface area contributed by atoms with Gasteiger partial charge >= 0.3 is 0 Å². The molecule has 2 saturated carbocycles. The number of ketones is 1. The van der Waals surface area contributed by atoms with Gasteiger partial charge in [0.05, 0.1) is 17.6 Å². The van der Waals surface area contributed by atoms with Crippen LogP contribution in [0.3, 0.4) is 0 Å². The number of Topliss-reactive ketones (excluding diaryl/α,β-unsaturated/α-hetero) is 1. The van der Waals surface area contributed by atoms with Crippen LogP contribution in [0.25, 0.3) is 0 Å². The zero-order valence-corrected chi connectivity index (χ0v) is 23.9. The number of carbonyl (C=O) groups excluding carboxylic acids is 1. The first-order valence-electron chi connectivity index (χ1n) is 15.1. The van der Waals surface area contributed by atoms with E-state index in [0.717, 1.165) is 61.6 Å². The summed E-state index contributed by atoms with van der Waals surface area (Å²) in [6.45, 7) is 6.70. The van der Waals surface area contributed by atoms with Crippen LogP contribution in [0.2, 0.25) is 0 Å².